The minimum atomic E-state index is -1.09. The molecule has 0 aliphatic carbocycles. The second-order valence-electron chi connectivity index (χ2n) is 2.50. The molecule has 0 saturated carbocycles. The van der Waals surface area contributed by atoms with Crippen LogP contribution in [0.15, 0.2) is 0 Å². The lowest BCUT2D eigenvalue weighted by molar-refractivity contribution is -0.149. The van der Waals surface area contributed by atoms with Crippen molar-refractivity contribution in [3.8, 4) is 0 Å². The Morgan fingerprint density at radius 3 is 2.27 bits per heavy atom. The highest BCUT2D eigenvalue weighted by Crippen LogP contribution is 2.15. The van der Waals surface area contributed by atoms with Crippen molar-refractivity contribution < 1.29 is 19.8 Å². The van der Waals surface area contributed by atoms with Crippen molar-refractivity contribution in [2.45, 2.75) is 12.5 Å². The van der Waals surface area contributed by atoms with Crippen LogP contribution in [0, 0.1) is 5.92 Å². The second-order valence-corrected chi connectivity index (χ2v) is 2.50. The summed E-state index contributed by atoms with van der Waals surface area (Å²) in [6.07, 6.45) is 0.395. The summed E-state index contributed by atoms with van der Waals surface area (Å²) in [5.74, 6) is -2.90. The lowest BCUT2D eigenvalue weighted by atomic mass is 10.0. The van der Waals surface area contributed by atoms with Crippen LogP contribution in [0.25, 0.3) is 0 Å². The van der Waals surface area contributed by atoms with Crippen LogP contribution in [0.3, 0.4) is 0 Å². The quantitative estimate of drug-likeness (QED) is 0.487. The number of aliphatic carboxylic acids is 2. The molecular weight excluding hydrogens is 150 g/mol. The number of nitrogens with one attached hydrogen (secondary N) is 1. The molecule has 1 fully saturated rings. The van der Waals surface area contributed by atoms with Gasteiger partial charge >= 0.3 is 11.9 Å². The number of carboxylic acid groups (broad SMARTS) is 2. The topological polar surface area (TPSA) is 86.6 Å². The van der Waals surface area contributed by atoms with Gasteiger partial charge < -0.3 is 15.5 Å². The first kappa shape index (κ1) is 8.00. The van der Waals surface area contributed by atoms with Crippen molar-refractivity contribution in [3.05, 3.63) is 0 Å². The summed E-state index contributed by atoms with van der Waals surface area (Å²) >= 11 is 0. The summed E-state index contributed by atoms with van der Waals surface area (Å²) in [6, 6.07) is -0.910. The second kappa shape index (κ2) is 2.87. The van der Waals surface area contributed by atoms with Crippen LogP contribution in [-0.4, -0.2) is 34.7 Å². The third-order valence-electron chi connectivity index (χ3n) is 1.81. The number of carbonyl (C=O) groups is 2. The van der Waals surface area contributed by atoms with Gasteiger partial charge in [-0.2, -0.15) is 0 Å². The van der Waals surface area contributed by atoms with Crippen molar-refractivity contribution in [1.82, 2.24) is 5.32 Å². The number of rotatable bonds is 2. The fourth-order valence-electron chi connectivity index (χ4n) is 1.23. The van der Waals surface area contributed by atoms with Gasteiger partial charge in [-0.3, -0.25) is 9.59 Å². The predicted molar refractivity (Wildman–Crippen MR) is 35.2 cm³/mol. The molecule has 3 N–H and O–H groups in total. The Balaban J connectivity index is 2.65. The molecule has 5 heteroatoms. The molecule has 1 rings (SSSR count). The summed E-state index contributed by atoms with van der Waals surface area (Å²) in [7, 11) is 0. The molecule has 1 aliphatic heterocycles. The van der Waals surface area contributed by atoms with Gasteiger partial charge in [-0.1, -0.05) is 0 Å². The van der Waals surface area contributed by atoms with Crippen LogP contribution in [0.1, 0.15) is 6.42 Å². The van der Waals surface area contributed by atoms with Gasteiger partial charge in [0.05, 0.1) is 5.92 Å². The van der Waals surface area contributed by atoms with E-state index in [1.807, 2.05) is 0 Å². The van der Waals surface area contributed by atoms with Gasteiger partial charge in [0.1, 0.15) is 6.04 Å². The van der Waals surface area contributed by atoms with E-state index in [2.05, 4.69) is 5.32 Å². The molecule has 11 heavy (non-hydrogen) atoms. The van der Waals surface area contributed by atoms with E-state index in [0.717, 1.165) is 0 Å². The summed E-state index contributed by atoms with van der Waals surface area (Å²) in [5.41, 5.74) is 0. The molecule has 62 valence electrons. The Bertz CT molecular complexity index is 171. The molecule has 0 spiro atoms. The Kier molecular flexibility index (Phi) is 2.09. The van der Waals surface area contributed by atoms with Gasteiger partial charge in [-0.25, -0.2) is 0 Å². The van der Waals surface area contributed by atoms with Crippen molar-refractivity contribution in [2.24, 2.45) is 5.92 Å². The van der Waals surface area contributed by atoms with Crippen LogP contribution >= 0.6 is 0 Å². The fourth-order valence-corrected chi connectivity index (χ4v) is 1.23. The van der Waals surface area contributed by atoms with E-state index in [1.54, 1.807) is 0 Å². The first-order valence-corrected chi connectivity index (χ1v) is 3.32. The zero-order chi connectivity index (χ0) is 8.43. The molecule has 0 amide bonds. The molecule has 0 aromatic heterocycles. The molecular formula is C6H9NO4. The van der Waals surface area contributed by atoms with E-state index in [-0.39, 0.29) is 0 Å². The van der Waals surface area contributed by atoms with Gasteiger partial charge in [-0.15, -0.1) is 0 Å². The number of carboxylic acids is 2. The standard InChI is InChI=1S/C6H9NO4/c8-5(9)3-1-2-7-4(3)6(10)11/h3-4,7H,1-2H2,(H,8,9)(H,10,11)/t3-,4-/m0/s1. The van der Waals surface area contributed by atoms with Crippen molar-refractivity contribution >= 4 is 11.9 Å². The van der Waals surface area contributed by atoms with Crippen LogP contribution in [0.5, 0.6) is 0 Å². The summed E-state index contributed by atoms with van der Waals surface area (Å²) < 4.78 is 0. The summed E-state index contributed by atoms with van der Waals surface area (Å²) in [6.45, 7) is 0.466. The smallest absolute Gasteiger partial charge is 0.321 e. The van der Waals surface area contributed by atoms with Gasteiger partial charge in [0, 0.05) is 0 Å². The zero-order valence-corrected chi connectivity index (χ0v) is 5.78. The Hall–Kier alpha value is -1.10. The summed E-state index contributed by atoms with van der Waals surface area (Å²) in [4.78, 5) is 20.8. The minimum Gasteiger partial charge on any atom is -0.481 e. The maximum absolute atomic E-state index is 10.4. The minimum absolute atomic E-state index is 0.395. The molecule has 0 bridgehead atoms. The highest BCUT2D eigenvalue weighted by molar-refractivity contribution is 5.83. The first-order chi connectivity index (χ1) is 5.13. The highest BCUT2D eigenvalue weighted by Gasteiger charge is 2.37. The molecule has 2 atom stereocenters. The molecule has 0 unspecified atom stereocenters. The SMILES string of the molecule is O=C(O)[C@H]1CCN[C@@H]1C(=O)O. The number of hydrogen-bond acceptors (Lipinski definition) is 3. The third kappa shape index (κ3) is 1.48. The van der Waals surface area contributed by atoms with E-state index in [9.17, 15) is 9.59 Å². The monoisotopic (exact) mass is 159 g/mol. The van der Waals surface area contributed by atoms with Crippen molar-refractivity contribution in [3.63, 3.8) is 0 Å². The Morgan fingerprint density at radius 1 is 1.27 bits per heavy atom. The number of hydrogen-bond donors (Lipinski definition) is 3. The van der Waals surface area contributed by atoms with Gasteiger partial charge in [-0.05, 0) is 13.0 Å². The first-order valence-electron chi connectivity index (χ1n) is 3.32. The van der Waals surface area contributed by atoms with Crippen LogP contribution < -0.4 is 5.32 Å². The molecule has 1 heterocycles. The molecule has 0 radical (unpaired) electrons. The van der Waals surface area contributed by atoms with Crippen molar-refractivity contribution in [2.75, 3.05) is 6.54 Å². The van der Waals surface area contributed by atoms with E-state index >= 15 is 0 Å². The fraction of sp³-hybridized carbons (Fsp3) is 0.667. The zero-order valence-electron chi connectivity index (χ0n) is 5.78. The Morgan fingerprint density at radius 2 is 1.91 bits per heavy atom. The summed E-state index contributed by atoms with van der Waals surface area (Å²) in [5, 5.41) is 19.6. The average Bonchev–Trinajstić information content (AvgIpc) is 2.32. The molecule has 5 nitrogen and oxygen atoms in total. The van der Waals surface area contributed by atoms with E-state index in [0.29, 0.717) is 13.0 Å². The average molecular weight is 159 g/mol. The van der Waals surface area contributed by atoms with Gasteiger partial charge in [0.2, 0.25) is 0 Å². The molecule has 0 aromatic rings. The maximum Gasteiger partial charge on any atom is 0.321 e. The van der Waals surface area contributed by atoms with Crippen LogP contribution in [0.2, 0.25) is 0 Å². The molecule has 1 saturated heterocycles. The highest BCUT2D eigenvalue weighted by atomic mass is 16.4. The predicted octanol–water partition coefficient (Wildman–Crippen LogP) is -0.866. The van der Waals surface area contributed by atoms with E-state index in [4.69, 9.17) is 10.2 Å². The van der Waals surface area contributed by atoms with Gasteiger partial charge in [0.25, 0.3) is 0 Å². The largest absolute Gasteiger partial charge is 0.481 e. The molecule has 1 aliphatic rings. The van der Waals surface area contributed by atoms with Gasteiger partial charge in [0.15, 0.2) is 0 Å². The Labute approximate surface area is 63.0 Å². The third-order valence-corrected chi connectivity index (χ3v) is 1.81. The van der Waals surface area contributed by atoms with Crippen molar-refractivity contribution in [1.29, 1.82) is 0 Å². The molecule has 0 aromatic carbocycles. The van der Waals surface area contributed by atoms with E-state index in [1.165, 1.54) is 0 Å². The normalized spacial score (nSPS) is 30.2. The maximum atomic E-state index is 10.4. The van der Waals surface area contributed by atoms with Crippen LogP contribution in [0.4, 0.5) is 0 Å². The lowest BCUT2D eigenvalue weighted by Crippen LogP contribution is -2.38. The van der Waals surface area contributed by atoms with Crippen LogP contribution in [-0.2, 0) is 9.59 Å². The van der Waals surface area contributed by atoms with E-state index < -0.39 is 23.9 Å². The lowest BCUT2D eigenvalue weighted by Gasteiger charge is -2.09.